The molecule has 24 aromatic carbocycles. The molecule has 0 fully saturated rings. The lowest BCUT2D eigenvalue weighted by Gasteiger charge is -2.17. The molecule has 0 aliphatic heterocycles. The fraction of sp³-hybridized carbons (Fsp3) is 0.0222. The smallest absolute Gasteiger partial charge is 0.143 e. The summed E-state index contributed by atoms with van der Waals surface area (Å²) in [6.45, 7) is 4.37. The minimum absolute atomic E-state index is 0.0526. The summed E-state index contributed by atoms with van der Waals surface area (Å²) in [6, 6.07) is 82.3. The molecule has 3 heterocycles. The Labute approximate surface area is 849 Å². The zero-order chi connectivity index (χ0) is 119. The summed E-state index contributed by atoms with van der Waals surface area (Å²) < 4.78 is 305. The maximum Gasteiger partial charge on any atom is 0.143 e. The number of fused-ring (bicyclic) bond motifs is 15. The van der Waals surface area contributed by atoms with Gasteiger partial charge in [-0.1, -0.05) is 420 Å². The zero-order valence-electron chi connectivity index (χ0n) is 104. The van der Waals surface area contributed by atoms with Gasteiger partial charge in [-0.25, -0.2) is 8.78 Å². The molecule has 0 spiro atoms. The molecule has 3 nitrogen and oxygen atoms in total. The number of benzene rings is 24. The lowest BCUT2D eigenvalue weighted by Crippen LogP contribution is -1.90. The predicted octanol–water partition coefficient (Wildman–Crippen LogP) is 39.1. The van der Waals surface area contributed by atoms with E-state index in [0.717, 1.165) is 83.2 Å². The van der Waals surface area contributed by atoms with Crippen molar-refractivity contribution in [2.45, 2.75) is 19.8 Å². The van der Waals surface area contributed by atoms with Crippen LogP contribution < -0.4 is 0 Å². The highest BCUT2D eigenvalue weighted by Crippen LogP contribution is 2.52. The SMILES string of the molecule is [2H]c1c([2H])c([2H])c(-c2c3c([2H])c([2H])c([2H])c([2H])c3c(-c3ccc4oc5c(-c6ccccc6)ccc(-c6ccccc6)c5c4c3)c3c([2H])c([2H])c([2H])c([2H])c23)c([2H])c1[2H].[2H]c1c([2H])c([2H])c2c(-c3ccc4oc5cc(-c6ccccc6-c6ccc(C(C)C)cc6)ccc5c4c3)c3c([2H])c([2H])c([2H])c([2H])c3c(-c3ccccc3)c2c1[2H].[2H]c1c([2H])c([2H])c2c(-c3ccc4oc5ccc(-c6ccc(-c7cc(F)cc(F)c7)cc6)cc5c4c3)c3c([2H])c([2H])c([2H])c([2H])c3c(-c3ccccc3)c2c1[2H]. The highest BCUT2D eigenvalue weighted by Gasteiger charge is 2.26. The first kappa shape index (κ1) is 58.4. The first-order valence-electron chi connectivity index (χ1n) is 60.0. The average molecular weight is 1830 g/mol. The van der Waals surface area contributed by atoms with Crippen LogP contribution in [0.2, 0.25) is 0 Å². The third-order valence-electron chi connectivity index (χ3n) is 26.1. The van der Waals surface area contributed by atoms with Gasteiger partial charge in [0.2, 0.25) is 0 Å². The van der Waals surface area contributed by atoms with Crippen molar-refractivity contribution in [1.29, 1.82) is 0 Å². The van der Waals surface area contributed by atoms with E-state index in [0.29, 0.717) is 106 Å². The average Bonchev–Trinajstić information content (AvgIpc) is 1.30. The van der Waals surface area contributed by atoms with Crippen molar-refractivity contribution < 1.29 is 61.8 Å². The highest BCUT2D eigenvalue weighted by atomic mass is 19.1. The lowest BCUT2D eigenvalue weighted by molar-refractivity contribution is 0.584. The van der Waals surface area contributed by atoms with E-state index in [1.807, 2.05) is 152 Å². The third kappa shape index (κ3) is 15.0. The van der Waals surface area contributed by atoms with Crippen molar-refractivity contribution in [3.05, 3.63) is 508 Å². The van der Waals surface area contributed by atoms with E-state index in [1.165, 1.54) is 17.7 Å². The van der Waals surface area contributed by atoms with Gasteiger partial charge in [0.05, 0.1) is 39.8 Å². The van der Waals surface area contributed by atoms with Crippen LogP contribution >= 0.6 is 0 Å². The Hall–Kier alpha value is -17.9. The molecule has 0 unspecified atom stereocenters. The number of halogens is 2. The molecule has 0 N–H and O–H groups in total. The van der Waals surface area contributed by atoms with Crippen LogP contribution in [0.1, 0.15) is 65.1 Å². The third-order valence-corrected chi connectivity index (χ3v) is 26.1. The summed E-state index contributed by atoms with van der Waals surface area (Å²) in [5, 5.41) is 4.87. The number of furan rings is 3. The first-order valence-corrected chi connectivity index (χ1v) is 45.5. The van der Waals surface area contributed by atoms with Crippen LogP contribution in [0, 0.1) is 11.6 Å². The molecule has 3 aromatic heterocycles. The molecular weight excluding hydrogens is 1710 g/mol. The van der Waals surface area contributed by atoms with Gasteiger partial charge in [0.25, 0.3) is 0 Å². The molecule has 0 atom stereocenters. The quantitative estimate of drug-likeness (QED) is 0.108. The van der Waals surface area contributed by atoms with Crippen LogP contribution in [0.5, 0.6) is 0 Å². The van der Waals surface area contributed by atoms with Gasteiger partial charge in [-0.15, -0.1) is 0 Å². The summed E-state index contributed by atoms with van der Waals surface area (Å²) in [7, 11) is 0. The molecule has 0 amide bonds. The number of hydrogen-bond acceptors (Lipinski definition) is 3. The Morgan fingerprint density at radius 2 is 0.486 bits per heavy atom. The van der Waals surface area contributed by atoms with E-state index in [9.17, 15) is 22.5 Å². The van der Waals surface area contributed by atoms with Crippen LogP contribution in [-0.4, -0.2) is 0 Å². The van der Waals surface area contributed by atoms with Gasteiger partial charge in [0, 0.05) is 43.9 Å². The second-order valence-electron chi connectivity index (χ2n) is 34.5. The maximum absolute atomic E-state index is 13.9. The van der Waals surface area contributed by atoms with E-state index in [4.69, 9.17) is 39.3 Å². The molecule has 140 heavy (non-hydrogen) atoms. The second-order valence-corrected chi connectivity index (χ2v) is 34.5. The summed E-state index contributed by atoms with van der Waals surface area (Å²) >= 11 is 0. The summed E-state index contributed by atoms with van der Waals surface area (Å²) in [6.07, 6.45) is 0. The molecule has 660 valence electrons. The molecule has 0 saturated carbocycles. The van der Waals surface area contributed by atoms with Crippen molar-refractivity contribution in [3.8, 4) is 134 Å². The van der Waals surface area contributed by atoms with Crippen LogP contribution in [0.25, 0.3) is 264 Å². The zero-order valence-corrected chi connectivity index (χ0v) is 74.6. The largest absolute Gasteiger partial charge is 0.456 e. The van der Waals surface area contributed by atoms with Crippen LogP contribution in [0.4, 0.5) is 8.78 Å². The Bertz CT molecular complexity index is 11100. The number of rotatable bonds is 13. The van der Waals surface area contributed by atoms with Crippen LogP contribution in [0.15, 0.2) is 504 Å². The van der Waals surface area contributed by atoms with Crippen molar-refractivity contribution in [1.82, 2.24) is 0 Å². The summed E-state index contributed by atoms with van der Waals surface area (Å²) in [5.41, 5.74) is 18.2. The van der Waals surface area contributed by atoms with E-state index in [1.54, 1.807) is 103 Å². The van der Waals surface area contributed by atoms with Gasteiger partial charge in [-0.05, 0) is 283 Å². The normalized spacial score (nSPS) is 14.5. The predicted molar refractivity (Wildman–Crippen MR) is 585 cm³/mol. The molecular formula is C135H88F2O3. The Morgan fingerprint density at radius 1 is 0.186 bits per heavy atom. The fourth-order valence-electron chi connectivity index (χ4n) is 19.7. The van der Waals surface area contributed by atoms with Gasteiger partial charge in [0.1, 0.15) is 45.1 Å². The van der Waals surface area contributed by atoms with E-state index < -0.39 is 144 Å². The molecule has 0 aliphatic rings. The standard InChI is InChI=1S/C47H34O.C44H26F2O.C44H28O/c1-30(2)31-20-22-32(23-21-31)36-14-6-7-15-37(36)34-24-26-38-43-28-35(25-27-44(43)48-45(38)29-34)47-41-18-10-8-16-39(41)46(33-12-4-3-5-13-33)40-17-9-11-19-42(40)47;45-33-22-32(23-34(46)26-33)28-16-14-27(15-17-28)30-18-20-41-39(24-30)40-25-31(19-21-42(40)47-41)44-37-12-6-4-10-35(37)43(29-8-2-1-3-9-29)36-11-5-7-13-38(36)44;1-4-14-29(15-5-1)33-25-26-34(30-16-6-2-7-17-30)44-43(33)39-28-32(24-27-40(39)45-44)42-37-22-12-10-20-35(37)41(31-18-8-3-9-19-31)36-21-11-13-23-38(36)42/h3-30H,1-2H3;1-26H;1-28H/i8D,9D,10D,11D,16D,17D,18D,19D;4D,5D,6D,7D,10D,11D,12D,13D;3D,8D,9D,10D,11D,12D,13D,18D,19D,20D,21D,22D,23D. The van der Waals surface area contributed by atoms with Crippen molar-refractivity contribution in [2.75, 3.05) is 0 Å². The van der Waals surface area contributed by atoms with Gasteiger partial charge in [-0.2, -0.15) is 0 Å². The van der Waals surface area contributed by atoms with Gasteiger partial charge in [-0.3, -0.25) is 0 Å². The lowest BCUT2D eigenvalue weighted by atomic mass is 9.85. The molecule has 5 heteroatoms. The van der Waals surface area contributed by atoms with Gasteiger partial charge < -0.3 is 13.3 Å². The first-order chi connectivity index (χ1) is 81.1. The number of hydrogen-bond donors (Lipinski definition) is 0. The minimum Gasteiger partial charge on any atom is -0.456 e. The maximum atomic E-state index is 13.9. The molecule has 27 aromatic rings. The molecule has 27 rings (SSSR count). The Balaban J connectivity index is 0.000000127. The van der Waals surface area contributed by atoms with Gasteiger partial charge in [0.15, 0.2) is 0 Å². The van der Waals surface area contributed by atoms with Gasteiger partial charge >= 0.3 is 0 Å². The van der Waals surface area contributed by atoms with E-state index >= 15 is 0 Å². The molecule has 0 bridgehead atoms. The highest BCUT2D eigenvalue weighted by molar-refractivity contribution is 6.27. The molecule has 0 aliphatic carbocycles. The second kappa shape index (κ2) is 35.4. The summed E-state index contributed by atoms with van der Waals surface area (Å²) in [4.78, 5) is 0. The molecule has 0 radical (unpaired) electrons. The van der Waals surface area contributed by atoms with Crippen molar-refractivity contribution in [2.24, 2.45) is 0 Å². The van der Waals surface area contributed by atoms with Crippen molar-refractivity contribution >= 4 is 130 Å². The van der Waals surface area contributed by atoms with E-state index in [-0.39, 0.29) is 130 Å². The Kier molecular flexibility index (Phi) is 14.8. The van der Waals surface area contributed by atoms with Crippen LogP contribution in [-0.2, 0) is 0 Å². The molecule has 0 saturated heterocycles. The van der Waals surface area contributed by atoms with E-state index in [2.05, 4.69) is 56.3 Å². The monoisotopic (exact) mass is 1820 g/mol. The Morgan fingerprint density at radius 3 is 0.914 bits per heavy atom. The minimum atomic E-state index is -0.718. The summed E-state index contributed by atoms with van der Waals surface area (Å²) in [5.74, 6) is -0.888. The van der Waals surface area contributed by atoms with Crippen molar-refractivity contribution in [3.63, 3.8) is 0 Å². The fourth-order valence-corrected chi connectivity index (χ4v) is 19.7. The topological polar surface area (TPSA) is 39.4 Å². The van der Waals surface area contributed by atoms with Crippen LogP contribution in [0.3, 0.4) is 0 Å².